The lowest BCUT2D eigenvalue weighted by Crippen LogP contribution is -2.21. The topological polar surface area (TPSA) is 53.9 Å². The van der Waals surface area contributed by atoms with Crippen LogP contribution in [0.5, 0.6) is 0 Å². The maximum Gasteiger partial charge on any atom is 0.172 e. The second-order valence-electron chi connectivity index (χ2n) is 8.54. The molecule has 0 unspecified atom stereocenters. The van der Waals surface area contributed by atoms with Crippen LogP contribution in [0.15, 0.2) is 84.2 Å². The molecule has 0 radical (unpaired) electrons. The number of hydrogen-bond donors (Lipinski definition) is 1. The monoisotopic (exact) mass is 463 g/mol. The van der Waals surface area contributed by atoms with Gasteiger partial charge < -0.3 is 10.2 Å². The molecule has 0 atom stereocenters. The second-order valence-corrected chi connectivity index (χ2v) is 9.39. The average Bonchev–Trinajstić information content (AvgIpc) is 3.61. The molecule has 6 heteroatoms. The van der Waals surface area contributed by atoms with Crippen molar-refractivity contribution in [3.8, 4) is 21.8 Å². The van der Waals surface area contributed by atoms with Gasteiger partial charge in [-0.05, 0) is 36.6 Å². The predicted molar refractivity (Wildman–Crippen MR) is 141 cm³/mol. The number of thiazole rings is 1. The lowest BCUT2D eigenvalue weighted by molar-refractivity contribution is 0.932. The van der Waals surface area contributed by atoms with Crippen molar-refractivity contribution in [1.29, 1.82) is 0 Å². The minimum atomic E-state index is 0.679. The van der Waals surface area contributed by atoms with Gasteiger partial charge in [0.15, 0.2) is 11.6 Å². The Kier molecular flexibility index (Phi) is 5.65. The minimum absolute atomic E-state index is 0.679. The van der Waals surface area contributed by atoms with Crippen LogP contribution in [0.1, 0.15) is 18.4 Å². The van der Waals surface area contributed by atoms with Gasteiger partial charge in [-0.3, -0.25) is 0 Å². The van der Waals surface area contributed by atoms with Crippen LogP contribution in [-0.2, 0) is 6.54 Å². The molecule has 1 aliphatic rings. The fourth-order valence-corrected chi connectivity index (χ4v) is 5.23. The number of nitrogens with one attached hydrogen (secondary N) is 1. The Bertz CT molecular complexity index is 1420. The number of rotatable bonds is 6. The normalized spacial score (nSPS) is 13.5. The van der Waals surface area contributed by atoms with Crippen LogP contribution in [0.25, 0.3) is 32.9 Å². The number of para-hydroxylation sites is 2. The fraction of sp³-hybridized carbons (Fsp3) is 0.179. The Hall–Kier alpha value is -3.77. The lowest BCUT2D eigenvalue weighted by Gasteiger charge is -2.20. The third-order valence-electron chi connectivity index (χ3n) is 6.17. The lowest BCUT2D eigenvalue weighted by atomic mass is 10.1. The number of benzene rings is 3. The maximum absolute atomic E-state index is 4.96. The summed E-state index contributed by atoms with van der Waals surface area (Å²) in [5, 5.41) is 6.74. The highest BCUT2D eigenvalue weighted by atomic mass is 32.1. The molecule has 0 spiro atoms. The summed E-state index contributed by atoms with van der Waals surface area (Å²) in [6.07, 6.45) is 2.41. The number of nitrogens with zero attached hydrogens (tertiary/aromatic N) is 4. The highest BCUT2D eigenvalue weighted by Gasteiger charge is 2.19. The molecule has 2 aromatic heterocycles. The molecular weight excluding hydrogens is 438 g/mol. The summed E-state index contributed by atoms with van der Waals surface area (Å²) in [6, 6.07) is 27.0. The first kappa shape index (κ1) is 20.8. The van der Waals surface area contributed by atoms with E-state index < -0.39 is 0 Å². The zero-order valence-corrected chi connectivity index (χ0v) is 19.6. The van der Waals surface area contributed by atoms with Gasteiger partial charge in [-0.1, -0.05) is 60.7 Å². The Morgan fingerprint density at radius 3 is 2.32 bits per heavy atom. The van der Waals surface area contributed by atoms with Crippen LogP contribution < -0.4 is 10.2 Å². The summed E-state index contributed by atoms with van der Waals surface area (Å²) in [5.74, 6) is 1.81. The van der Waals surface area contributed by atoms with Gasteiger partial charge >= 0.3 is 0 Å². The molecular formula is C28H25N5S. The Morgan fingerprint density at radius 1 is 0.765 bits per heavy atom. The standard InChI is InChI=1S/C28H25N5S/c1-2-10-21(11-3-1)25-19-34-28(32-25)22-12-8-9-20(17-22)18-29-26-27(33-15-6-7-16-33)31-24-14-5-4-13-23(24)30-26/h1-5,8-14,17,19H,6-7,15-16,18H2,(H,29,30). The second kappa shape index (κ2) is 9.23. The summed E-state index contributed by atoms with van der Waals surface area (Å²) in [4.78, 5) is 17.1. The van der Waals surface area contributed by atoms with Crippen LogP contribution in [0.4, 0.5) is 11.6 Å². The van der Waals surface area contributed by atoms with Crippen molar-refractivity contribution in [2.24, 2.45) is 0 Å². The van der Waals surface area contributed by atoms with Gasteiger partial charge in [0, 0.05) is 36.1 Å². The van der Waals surface area contributed by atoms with E-state index in [9.17, 15) is 0 Å². The largest absolute Gasteiger partial charge is 0.363 e. The SMILES string of the molecule is c1ccc(-c2csc(-c3cccc(CNc4nc5ccccc5nc4N4CCCC4)c3)n2)cc1. The molecule has 3 aromatic carbocycles. The van der Waals surface area contributed by atoms with E-state index in [4.69, 9.17) is 15.0 Å². The molecule has 0 amide bonds. The van der Waals surface area contributed by atoms with E-state index in [1.165, 1.54) is 18.4 Å². The Labute approximate surface area is 203 Å². The van der Waals surface area contributed by atoms with Gasteiger partial charge in [-0.2, -0.15) is 0 Å². The fourth-order valence-electron chi connectivity index (χ4n) is 4.41. The number of hydrogen-bond acceptors (Lipinski definition) is 6. The van der Waals surface area contributed by atoms with Crippen molar-refractivity contribution in [2.75, 3.05) is 23.3 Å². The van der Waals surface area contributed by atoms with Crippen molar-refractivity contribution < 1.29 is 0 Å². The smallest absolute Gasteiger partial charge is 0.172 e. The van der Waals surface area contributed by atoms with Gasteiger partial charge in [0.1, 0.15) is 5.01 Å². The molecule has 5 aromatic rings. The van der Waals surface area contributed by atoms with E-state index in [1.807, 2.05) is 42.5 Å². The van der Waals surface area contributed by atoms with Crippen LogP contribution >= 0.6 is 11.3 Å². The third-order valence-corrected chi connectivity index (χ3v) is 7.06. The first-order valence-corrected chi connectivity index (χ1v) is 12.6. The van der Waals surface area contributed by atoms with Gasteiger partial charge in [0.05, 0.1) is 16.7 Å². The summed E-state index contributed by atoms with van der Waals surface area (Å²) in [7, 11) is 0. The van der Waals surface area contributed by atoms with Crippen LogP contribution in [0, 0.1) is 0 Å². The molecule has 0 aliphatic carbocycles. The van der Waals surface area contributed by atoms with E-state index in [1.54, 1.807) is 11.3 Å². The van der Waals surface area contributed by atoms with Crippen molar-refractivity contribution in [3.05, 3.63) is 89.8 Å². The van der Waals surface area contributed by atoms with Crippen LogP contribution in [0.3, 0.4) is 0 Å². The molecule has 6 rings (SSSR count). The van der Waals surface area contributed by atoms with Crippen molar-refractivity contribution in [3.63, 3.8) is 0 Å². The molecule has 0 saturated carbocycles. The predicted octanol–water partition coefficient (Wildman–Crippen LogP) is 6.63. The molecule has 1 saturated heterocycles. The van der Waals surface area contributed by atoms with E-state index >= 15 is 0 Å². The van der Waals surface area contributed by atoms with E-state index in [2.05, 4.69) is 52.0 Å². The zero-order chi connectivity index (χ0) is 22.7. The van der Waals surface area contributed by atoms with Gasteiger partial charge in [0.25, 0.3) is 0 Å². The summed E-state index contributed by atoms with van der Waals surface area (Å²) in [6.45, 7) is 2.74. The first-order chi connectivity index (χ1) is 16.8. The Morgan fingerprint density at radius 2 is 1.50 bits per heavy atom. The van der Waals surface area contributed by atoms with Gasteiger partial charge in [-0.25, -0.2) is 15.0 Å². The first-order valence-electron chi connectivity index (χ1n) is 11.7. The highest BCUT2D eigenvalue weighted by molar-refractivity contribution is 7.13. The van der Waals surface area contributed by atoms with Crippen LogP contribution in [-0.4, -0.2) is 28.0 Å². The van der Waals surface area contributed by atoms with Gasteiger partial charge in [0.2, 0.25) is 0 Å². The van der Waals surface area contributed by atoms with Crippen LogP contribution in [0.2, 0.25) is 0 Å². The highest BCUT2D eigenvalue weighted by Crippen LogP contribution is 2.31. The number of anilines is 2. The summed E-state index contributed by atoms with van der Waals surface area (Å²) in [5.41, 5.74) is 6.35. The maximum atomic E-state index is 4.96. The van der Waals surface area contributed by atoms with Crippen molar-refractivity contribution in [2.45, 2.75) is 19.4 Å². The molecule has 1 aliphatic heterocycles. The Balaban J connectivity index is 1.25. The van der Waals surface area contributed by atoms with Crippen molar-refractivity contribution in [1.82, 2.24) is 15.0 Å². The summed E-state index contributed by atoms with van der Waals surface area (Å²) >= 11 is 1.68. The molecule has 0 bridgehead atoms. The number of fused-ring (bicyclic) bond motifs is 1. The zero-order valence-electron chi connectivity index (χ0n) is 18.8. The number of aromatic nitrogens is 3. The molecule has 5 nitrogen and oxygen atoms in total. The van der Waals surface area contributed by atoms with E-state index in [-0.39, 0.29) is 0 Å². The van der Waals surface area contributed by atoms with Gasteiger partial charge in [-0.15, -0.1) is 11.3 Å². The molecule has 3 heterocycles. The molecule has 1 fully saturated rings. The summed E-state index contributed by atoms with van der Waals surface area (Å²) < 4.78 is 0. The third kappa shape index (κ3) is 4.24. The molecule has 168 valence electrons. The minimum Gasteiger partial charge on any atom is -0.363 e. The average molecular weight is 464 g/mol. The molecule has 1 N–H and O–H groups in total. The van der Waals surface area contributed by atoms with E-state index in [0.717, 1.165) is 57.6 Å². The quantitative estimate of drug-likeness (QED) is 0.306. The molecule has 34 heavy (non-hydrogen) atoms. The van der Waals surface area contributed by atoms with Crippen molar-refractivity contribution >= 4 is 34.0 Å². The van der Waals surface area contributed by atoms with E-state index in [0.29, 0.717) is 6.54 Å².